The Labute approximate surface area is 273 Å². The van der Waals surface area contributed by atoms with Gasteiger partial charge in [0.05, 0.1) is 23.7 Å². The molecule has 3 aliphatic heterocycles. The van der Waals surface area contributed by atoms with Gasteiger partial charge in [0.1, 0.15) is 30.5 Å². The zero-order valence-electron chi connectivity index (χ0n) is 28.3. The number of fused-ring (bicyclic) bond motifs is 9. The quantitative estimate of drug-likeness (QED) is 0.245. The Hall–Kier alpha value is -2.16. The second-order valence-electron chi connectivity index (χ2n) is 16.4. The Kier molecular flexibility index (Phi) is 6.37. The summed E-state index contributed by atoms with van der Waals surface area (Å²) in [6.07, 6.45) is -5.88. The van der Waals surface area contributed by atoms with Crippen molar-refractivity contribution in [3.8, 4) is 0 Å². The summed E-state index contributed by atoms with van der Waals surface area (Å²) >= 11 is 0. The van der Waals surface area contributed by atoms with Crippen molar-refractivity contribution in [1.82, 2.24) is 0 Å². The summed E-state index contributed by atoms with van der Waals surface area (Å²) in [5.41, 5.74) is -5.52. The van der Waals surface area contributed by atoms with Gasteiger partial charge in [-0.15, -0.1) is 0 Å². The summed E-state index contributed by atoms with van der Waals surface area (Å²) in [5, 5.41) is 24.0. The highest BCUT2D eigenvalue weighted by Crippen LogP contribution is 2.81. The second-order valence-corrected chi connectivity index (χ2v) is 16.4. The fourth-order valence-corrected chi connectivity index (χ4v) is 13.0. The lowest BCUT2D eigenvalue weighted by molar-refractivity contribution is -0.274. The van der Waals surface area contributed by atoms with Gasteiger partial charge in [0.15, 0.2) is 11.4 Å². The number of ether oxygens (including phenoxy) is 7. The van der Waals surface area contributed by atoms with Crippen molar-refractivity contribution in [1.29, 1.82) is 0 Å². The molecule has 3 heterocycles. The van der Waals surface area contributed by atoms with E-state index < -0.39 is 124 Å². The Morgan fingerprint density at radius 2 is 1.53 bits per heavy atom. The highest BCUT2D eigenvalue weighted by atomic mass is 16.8. The first-order valence-corrected chi connectivity index (χ1v) is 16.8. The summed E-state index contributed by atoms with van der Waals surface area (Å²) in [6.45, 7) is 11.6. The Balaban J connectivity index is 1.41. The molecule has 5 saturated carbocycles. The van der Waals surface area contributed by atoms with Gasteiger partial charge in [-0.1, -0.05) is 20.8 Å². The van der Waals surface area contributed by atoms with Crippen molar-refractivity contribution < 1.29 is 62.5 Å². The minimum absolute atomic E-state index is 0.169. The summed E-state index contributed by atoms with van der Waals surface area (Å²) in [5.74, 6) is -7.61. The van der Waals surface area contributed by atoms with Crippen molar-refractivity contribution in [2.75, 3.05) is 14.2 Å². The lowest BCUT2D eigenvalue weighted by Gasteiger charge is -2.65. The Morgan fingerprint density at radius 1 is 0.894 bits per heavy atom. The number of hydrogen-bond acceptors (Lipinski definition) is 13. The molecule has 3 saturated heterocycles. The molecule has 5 aliphatic carbocycles. The van der Waals surface area contributed by atoms with Gasteiger partial charge < -0.3 is 43.4 Å². The maximum Gasteiger partial charge on any atom is 0.341 e. The summed E-state index contributed by atoms with van der Waals surface area (Å²) in [7, 11) is 3.04. The molecular weight excluding hydrogens is 616 g/mol. The van der Waals surface area contributed by atoms with Gasteiger partial charge >= 0.3 is 17.9 Å². The standard InChI is InChI=1S/C34H46O13/c1-11-17-20(32(6)33(7,40)29(39)47-34(32)27(11)46-34)24(42-9)18-16-19(25(43-12(2)35)28(31(17,18)5)44-13(3)36)30(4)14(21(37)23(16)41-8)10-15-22(45-15)26(30)38/h11,14-20,22-28,38,40H,10H2,1-9H3/t11-,14+,15-,16?,17-,18+,19?,20-,22-,23+,24+,25-,26-,27+,28-,30-,31+,32-,33+,34-/m0/s1. The Bertz CT molecular complexity index is 1460. The van der Waals surface area contributed by atoms with Crippen LogP contribution < -0.4 is 0 Å². The number of carbonyl (C=O) groups is 4. The molecule has 1 spiro atoms. The molecule has 8 fully saturated rings. The van der Waals surface area contributed by atoms with E-state index in [2.05, 4.69) is 0 Å². The van der Waals surface area contributed by atoms with Crippen molar-refractivity contribution in [2.24, 2.45) is 57.7 Å². The van der Waals surface area contributed by atoms with Crippen molar-refractivity contribution in [3.63, 3.8) is 0 Å². The molecule has 47 heavy (non-hydrogen) atoms. The molecule has 13 heteroatoms. The van der Waals surface area contributed by atoms with E-state index in [9.17, 15) is 29.4 Å². The molecule has 0 radical (unpaired) electrons. The van der Waals surface area contributed by atoms with Crippen LogP contribution in [0.5, 0.6) is 0 Å². The minimum Gasteiger partial charge on any atom is -0.458 e. The van der Waals surface area contributed by atoms with Crippen LogP contribution in [-0.2, 0) is 52.3 Å². The van der Waals surface area contributed by atoms with Crippen LogP contribution in [-0.4, -0.2) is 108 Å². The molecule has 0 aromatic carbocycles. The number of carbonyl (C=O) groups excluding carboxylic acids is 4. The first-order valence-electron chi connectivity index (χ1n) is 16.8. The fraction of sp³-hybridized carbons (Fsp3) is 0.882. The summed E-state index contributed by atoms with van der Waals surface area (Å²) in [6, 6.07) is 0. The highest BCUT2D eigenvalue weighted by Gasteiger charge is 2.93. The molecule has 2 unspecified atom stereocenters. The van der Waals surface area contributed by atoms with Crippen LogP contribution in [0.15, 0.2) is 0 Å². The molecule has 0 bridgehead atoms. The number of epoxide rings is 2. The molecule has 0 amide bonds. The predicted octanol–water partition coefficient (Wildman–Crippen LogP) is 0.790. The van der Waals surface area contributed by atoms with Gasteiger partial charge in [0.2, 0.25) is 5.79 Å². The molecule has 260 valence electrons. The lowest BCUT2D eigenvalue weighted by Crippen LogP contribution is -2.74. The van der Waals surface area contributed by atoms with E-state index in [4.69, 9.17) is 33.2 Å². The molecule has 13 nitrogen and oxygen atoms in total. The van der Waals surface area contributed by atoms with Gasteiger partial charge in [-0.3, -0.25) is 14.4 Å². The summed E-state index contributed by atoms with van der Waals surface area (Å²) in [4.78, 5) is 54.1. The lowest BCUT2D eigenvalue weighted by atomic mass is 9.41. The van der Waals surface area contributed by atoms with Gasteiger partial charge in [-0.25, -0.2) is 4.79 Å². The number of hydrogen-bond donors (Lipinski definition) is 2. The van der Waals surface area contributed by atoms with Crippen LogP contribution in [0, 0.1) is 57.7 Å². The van der Waals surface area contributed by atoms with Crippen molar-refractivity contribution in [2.45, 2.75) is 115 Å². The molecule has 8 aliphatic rings. The SMILES string of the molecule is CO[C@H]1[C@@H]2[C@H]([C@H](C)[C@H]3O[C@]34OC(=O)[C@@](C)(O)[C@]24C)[C@]2(C)[C@@H]1C1C([C@H](OC(C)=O)[C@@H]2OC(C)=O)[C@]2(C)[C@H](C[C@@H]3O[C@@H]3[C@@H]2O)C(=O)[C@@H]1OC. The maximum absolute atomic E-state index is 14.6. The van der Waals surface area contributed by atoms with Crippen LogP contribution in [0.1, 0.15) is 54.9 Å². The van der Waals surface area contributed by atoms with Crippen LogP contribution in [0.2, 0.25) is 0 Å². The normalized spacial score (nSPS) is 60.8. The van der Waals surface area contributed by atoms with Crippen molar-refractivity contribution >= 4 is 23.7 Å². The fourth-order valence-electron chi connectivity index (χ4n) is 13.0. The van der Waals surface area contributed by atoms with Crippen LogP contribution >= 0.6 is 0 Å². The zero-order chi connectivity index (χ0) is 34.1. The topological polar surface area (TPSA) is 180 Å². The molecule has 20 atom stereocenters. The number of methoxy groups -OCH3 is 2. The third-order valence-electron chi connectivity index (χ3n) is 14.9. The average Bonchev–Trinajstić information content (AvgIpc) is 3.89. The first kappa shape index (κ1) is 32.1. The van der Waals surface area contributed by atoms with Gasteiger partial charge in [0, 0.05) is 68.5 Å². The molecule has 0 aromatic heterocycles. The maximum atomic E-state index is 14.6. The van der Waals surface area contributed by atoms with E-state index in [1.165, 1.54) is 27.9 Å². The average molecular weight is 663 g/mol. The van der Waals surface area contributed by atoms with Gasteiger partial charge in [0.25, 0.3) is 0 Å². The number of aliphatic hydroxyl groups is 2. The van der Waals surface area contributed by atoms with Gasteiger partial charge in [-0.2, -0.15) is 0 Å². The number of rotatable bonds is 4. The van der Waals surface area contributed by atoms with E-state index in [0.717, 1.165) is 0 Å². The third kappa shape index (κ3) is 3.33. The largest absolute Gasteiger partial charge is 0.458 e. The number of aliphatic hydroxyl groups excluding tert-OH is 1. The zero-order valence-corrected chi connectivity index (χ0v) is 28.3. The summed E-state index contributed by atoms with van der Waals surface area (Å²) < 4.78 is 43.2. The predicted molar refractivity (Wildman–Crippen MR) is 156 cm³/mol. The smallest absolute Gasteiger partial charge is 0.341 e. The Morgan fingerprint density at radius 3 is 2.13 bits per heavy atom. The second kappa shape index (κ2) is 9.33. The monoisotopic (exact) mass is 662 g/mol. The molecule has 2 N–H and O–H groups in total. The highest BCUT2D eigenvalue weighted by molar-refractivity contribution is 5.88. The first-order chi connectivity index (χ1) is 21.9. The van der Waals surface area contributed by atoms with Crippen LogP contribution in [0.25, 0.3) is 0 Å². The number of Topliss-reactive ketones (excluding diaryl/α,β-unsaturated/α-hetero) is 1. The van der Waals surface area contributed by atoms with Crippen LogP contribution in [0.3, 0.4) is 0 Å². The molecule has 8 rings (SSSR count). The van der Waals surface area contributed by atoms with E-state index in [1.807, 2.05) is 20.8 Å². The van der Waals surface area contributed by atoms with Crippen molar-refractivity contribution in [3.05, 3.63) is 0 Å². The van der Waals surface area contributed by atoms with E-state index in [1.54, 1.807) is 14.0 Å². The van der Waals surface area contributed by atoms with Gasteiger partial charge in [-0.05, 0) is 32.1 Å². The number of esters is 3. The van der Waals surface area contributed by atoms with Crippen LogP contribution in [0.4, 0.5) is 0 Å². The van der Waals surface area contributed by atoms with E-state index in [0.29, 0.717) is 6.42 Å². The number of ketones is 1. The van der Waals surface area contributed by atoms with E-state index in [-0.39, 0.29) is 17.8 Å². The molecular formula is C34H46O13. The molecule has 0 aromatic rings. The third-order valence-corrected chi connectivity index (χ3v) is 14.9. The minimum atomic E-state index is -1.98. The van der Waals surface area contributed by atoms with E-state index >= 15 is 0 Å².